The predicted octanol–water partition coefficient (Wildman–Crippen LogP) is -0.293. The number of imidazole rings is 1. The van der Waals surface area contributed by atoms with Gasteiger partial charge in [0.2, 0.25) is 5.95 Å². The molecule has 1 aliphatic heterocycles. The fourth-order valence-electron chi connectivity index (χ4n) is 4.24. The summed E-state index contributed by atoms with van der Waals surface area (Å²) >= 11 is 0. The van der Waals surface area contributed by atoms with Gasteiger partial charge in [0, 0.05) is 31.9 Å². The van der Waals surface area contributed by atoms with E-state index in [4.69, 9.17) is 5.73 Å². The van der Waals surface area contributed by atoms with Crippen LogP contribution in [0.2, 0.25) is 0 Å². The van der Waals surface area contributed by atoms with Crippen LogP contribution < -0.4 is 21.9 Å². The van der Waals surface area contributed by atoms with E-state index in [1.807, 2.05) is 17.9 Å². The van der Waals surface area contributed by atoms with Crippen molar-refractivity contribution in [2.24, 2.45) is 5.73 Å². The van der Waals surface area contributed by atoms with Gasteiger partial charge in [-0.1, -0.05) is 0 Å². The fourth-order valence-corrected chi connectivity index (χ4v) is 4.24. The molecule has 4 heterocycles. The monoisotopic (exact) mass is 452 g/mol. The third-order valence-electron chi connectivity index (χ3n) is 5.76. The molecule has 0 aromatic carbocycles. The number of hydrogen-bond donors (Lipinski definition) is 2. The van der Waals surface area contributed by atoms with E-state index in [1.54, 1.807) is 10.6 Å². The van der Waals surface area contributed by atoms with Gasteiger partial charge in [-0.2, -0.15) is 10.2 Å². The van der Waals surface area contributed by atoms with E-state index >= 15 is 0 Å². The van der Waals surface area contributed by atoms with Gasteiger partial charge in [0.1, 0.15) is 12.6 Å². The Labute approximate surface area is 188 Å². The number of piperidine rings is 1. The van der Waals surface area contributed by atoms with Crippen molar-refractivity contribution in [3.8, 4) is 6.07 Å². The summed E-state index contributed by atoms with van der Waals surface area (Å²) in [6.45, 7) is 2.52. The molecule has 4 rings (SSSR count). The number of pyridine rings is 1. The molecule has 0 bridgehead atoms. The van der Waals surface area contributed by atoms with Crippen molar-refractivity contribution < 1.29 is 9.90 Å². The summed E-state index contributed by atoms with van der Waals surface area (Å²) in [5, 5.41) is 18.8. The number of carboxylic acid groups (broad SMARTS) is 1. The minimum atomic E-state index is -1.24. The van der Waals surface area contributed by atoms with Crippen LogP contribution in [0.5, 0.6) is 0 Å². The second kappa shape index (κ2) is 8.87. The number of aliphatic carboxylic acids is 1. The van der Waals surface area contributed by atoms with E-state index in [0.29, 0.717) is 25.6 Å². The third-order valence-corrected chi connectivity index (χ3v) is 5.76. The van der Waals surface area contributed by atoms with Crippen LogP contribution in [0.25, 0.3) is 11.2 Å². The lowest BCUT2D eigenvalue weighted by Crippen LogP contribution is -2.44. The maximum atomic E-state index is 13.5. The van der Waals surface area contributed by atoms with Crippen molar-refractivity contribution in [1.82, 2.24) is 23.7 Å². The van der Waals surface area contributed by atoms with Crippen molar-refractivity contribution in [1.29, 1.82) is 5.26 Å². The Balaban J connectivity index is 1.98. The number of anilines is 1. The molecule has 3 N–H and O–H groups in total. The van der Waals surface area contributed by atoms with Gasteiger partial charge in [0.15, 0.2) is 11.2 Å². The van der Waals surface area contributed by atoms with Gasteiger partial charge in [0.25, 0.3) is 5.56 Å². The Morgan fingerprint density at radius 2 is 2.12 bits per heavy atom. The number of rotatable bonds is 6. The largest absolute Gasteiger partial charge is 0.480 e. The van der Waals surface area contributed by atoms with E-state index in [2.05, 4.69) is 9.97 Å². The lowest BCUT2D eigenvalue weighted by molar-refractivity contribution is -0.137. The zero-order valence-corrected chi connectivity index (χ0v) is 18.1. The summed E-state index contributed by atoms with van der Waals surface area (Å²) < 4.78 is 3.58. The highest BCUT2D eigenvalue weighted by Gasteiger charge is 2.27. The lowest BCUT2D eigenvalue weighted by Gasteiger charge is -2.31. The third kappa shape index (κ3) is 3.98. The van der Waals surface area contributed by atoms with Crippen molar-refractivity contribution in [2.75, 3.05) is 18.0 Å². The van der Waals surface area contributed by atoms with Gasteiger partial charge in [-0.15, -0.1) is 0 Å². The molecule has 1 saturated heterocycles. The number of nitriles is 1. The number of carboxylic acids is 1. The standard InChI is InChI=1S/C21H24N8O4/c1-2-27-17-18(25-20(27)26-8-4-6-14(23)10-26)28(12-16(30)31)21(33)29(19(17)32)11-15-13(9-22)5-3-7-24-15/h3,5,7,14H,2,4,6,8,10-12,23H2,1H3,(H,30,31). The summed E-state index contributed by atoms with van der Waals surface area (Å²) in [7, 11) is 0. The second-order valence-corrected chi connectivity index (χ2v) is 7.94. The summed E-state index contributed by atoms with van der Waals surface area (Å²) in [5.41, 5.74) is 5.29. The molecular weight excluding hydrogens is 428 g/mol. The Bertz CT molecular complexity index is 1380. The van der Waals surface area contributed by atoms with Crippen molar-refractivity contribution >= 4 is 23.1 Å². The summed E-state index contributed by atoms with van der Waals surface area (Å²) in [6.07, 6.45) is 3.20. The SMILES string of the molecule is CCn1c(N2CCCC(N)C2)nc2c1c(=O)n(Cc1ncccc1C#N)c(=O)n2CC(=O)O. The number of fused-ring (bicyclic) bond motifs is 1. The maximum absolute atomic E-state index is 13.5. The highest BCUT2D eigenvalue weighted by Crippen LogP contribution is 2.23. The van der Waals surface area contributed by atoms with Gasteiger partial charge in [-0.05, 0) is 31.9 Å². The zero-order chi connectivity index (χ0) is 23.7. The zero-order valence-electron chi connectivity index (χ0n) is 18.1. The topological polar surface area (TPSA) is 165 Å². The molecule has 0 aliphatic carbocycles. The average Bonchev–Trinajstić information content (AvgIpc) is 3.19. The molecule has 33 heavy (non-hydrogen) atoms. The van der Waals surface area contributed by atoms with Gasteiger partial charge in [-0.3, -0.25) is 23.7 Å². The first-order valence-corrected chi connectivity index (χ1v) is 10.7. The molecule has 0 radical (unpaired) electrons. The van der Waals surface area contributed by atoms with Crippen LogP contribution in [0.4, 0.5) is 5.95 Å². The van der Waals surface area contributed by atoms with Crippen LogP contribution in [-0.4, -0.2) is 53.9 Å². The minimum Gasteiger partial charge on any atom is -0.480 e. The molecule has 0 spiro atoms. The smallest absolute Gasteiger partial charge is 0.333 e. The Morgan fingerprint density at radius 1 is 1.33 bits per heavy atom. The molecular formula is C21H24N8O4. The molecule has 3 aromatic heterocycles. The quantitative estimate of drug-likeness (QED) is 0.511. The number of nitrogens with zero attached hydrogens (tertiary/aromatic N) is 7. The predicted molar refractivity (Wildman–Crippen MR) is 119 cm³/mol. The summed E-state index contributed by atoms with van der Waals surface area (Å²) in [4.78, 5) is 49.0. The number of hydrogen-bond acceptors (Lipinski definition) is 8. The van der Waals surface area contributed by atoms with E-state index in [1.165, 1.54) is 12.3 Å². The van der Waals surface area contributed by atoms with E-state index in [-0.39, 0.29) is 35.0 Å². The van der Waals surface area contributed by atoms with Crippen LogP contribution in [0.3, 0.4) is 0 Å². The molecule has 12 heteroatoms. The van der Waals surface area contributed by atoms with Crippen LogP contribution in [0.1, 0.15) is 31.0 Å². The summed E-state index contributed by atoms with van der Waals surface area (Å²) in [6, 6.07) is 5.07. The fraction of sp³-hybridized carbons (Fsp3) is 0.429. The Kier molecular flexibility index (Phi) is 5.97. The lowest BCUT2D eigenvalue weighted by atomic mass is 10.1. The number of nitrogens with two attached hydrogens (primary N) is 1. The number of aryl methyl sites for hydroxylation is 1. The maximum Gasteiger partial charge on any atom is 0.333 e. The van der Waals surface area contributed by atoms with E-state index in [9.17, 15) is 24.8 Å². The van der Waals surface area contributed by atoms with E-state index < -0.39 is 23.8 Å². The summed E-state index contributed by atoms with van der Waals surface area (Å²) in [5.74, 6) is -0.765. The molecule has 1 aliphatic rings. The first-order chi connectivity index (χ1) is 15.8. The van der Waals surface area contributed by atoms with Gasteiger partial charge >= 0.3 is 11.7 Å². The van der Waals surface area contributed by atoms with Gasteiger partial charge < -0.3 is 20.3 Å². The molecule has 1 atom stereocenters. The highest BCUT2D eigenvalue weighted by molar-refractivity contribution is 5.77. The molecule has 3 aromatic rings. The van der Waals surface area contributed by atoms with Crippen molar-refractivity contribution in [2.45, 2.75) is 45.4 Å². The minimum absolute atomic E-state index is 0.0150. The number of carbonyl (C=O) groups is 1. The molecule has 12 nitrogen and oxygen atoms in total. The molecule has 0 amide bonds. The van der Waals surface area contributed by atoms with Crippen molar-refractivity contribution in [3.05, 3.63) is 50.4 Å². The highest BCUT2D eigenvalue weighted by atomic mass is 16.4. The average molecular weight is 452 g/mol. The Morgan fingerprint density at radius 3 is 2.79 bits per heavy atom. The van der Waals surface area contributed by atoms with E-state index in [0.717, 1.165) is 22.0 Å². The normalized spacial score (nSPS) is 16.2. The van der Waals surface area contributed by atoms with Crippen LogP contribution >= 0.6 is 0 Å². The molecule has 1 fully saturated rings. The molecule has 172 valence electrons. The van der Waals surface area contributed by atoms with Gasteiger partial charge in [0.05, 0.1) is 17.8 Å². The van der Waals surface area contributed by atoms with Gasteiger partial charge in [-0.25, -0.2) is 4.79 Å². The molecule has 1 unspecified atom stereocenters. The van der Waals surface area contributed by atoms with Crippen LogP contribution in [0, 0.1) is 11.3 Å². The van der Waals surface area contributed by atoms with Crippen LogP contribution in [0.15, 0.2) is 27.9 Å². The molecule has 0 saturated carbocycles. The van der Waals surface area contributed by atoms with Crippen LogP contribution in [-0.2, 0) is 24.4 Å². The Hall–Kier alpha value is -3.98. The first kappa shape index (κ1) is 22.2. The number of aromatic nitrogens is 5. The second-order valence-electron chi connectivity index (χ2n) is 7.94. The van der Waals surface area contributed by atoms with Crippen molar-refractivity contribution in [3.63, 3.8) is 0 Å². The first-order valence-electron chi connectivity index (χ1n) is 10.7.